The maximum Gasteiger partial charge on any atom is 0.314 e. The number of fused-ring (bicyclic) bond motifs is 1. The van der Waals surface area contributed by atoms with Crippen LogP contribution in [0.25, 0.3) is 0 Å². The van der Waals surface area contributed by atoms with E-state index in [4.69, 9.17) is 5.11 Å². The van der Waals surface area contributed by atoms with E-state index in [1.807, 2.05) is 10.8 Å². The van der Waals surface area contributed by atoms with Crippen molar-refractivity contribution in [1.29, 1.82) is 0 Å². The van der Waals surface area contributed by atoms with E-state index < -0.39 is 11.9 Å². The van der Waals surface area contributed by atoms with Crippen molar-refractivity contribution in [2.45, 2.75) is 31.7 Å². The van der Waals surface area contributed by atoms with Gasteiger partial charge in [-0.2, -0.15) is 0 Å². The van der Waals surface area contributed by atoms with E-state index in [1.54, 1.807) is 6.20 Å². The van der Waals surface area contributed by atoms with E-state index in [0.29, 0.717) is 18.3 Å². The third-order valence-corrected chi connectivity index (χ3v) is 2.66. The molecule has 0 unspecified atom stereocenters. The fourth-order valence-electron chi connectivity index (χ4n) is 1.88. The average Bonchev–Trinajstić information content (AvgIpc) is 2.53. The summed E-state index contributed by atoms with van der Waals surface area (Å²) >= 11 is 0. The standard InChI is InChI=1S/C9H12N2O2/c1-6-2-3-7(9(12)13)8-10-4-5-11(6)8/h4-7H,2-3H2,1H3,(H,12,13)/t6-,7+/m0/s1. The molecule has 0 saturated carbocycles. The molecule has 4 heteroatoms. The Balaban J connectivity index is 2.40. The lowest BCUT2D eigenvalue weighted by atomic mass is 9.95. The van der Waals surface area contributed by atoms with Crippen LogP contribution in [0.3, 0.4) is 0 Å². The Labute approximate surface area is 76.2 Å². The predicted molar refractivity (Wildman–Crippen MR) is 46.5 cm³/mol. The van der Waals surface area contributed by atoms with Crippen LogP contribution in [0.1, 0.15) is 37.5 Å². The Morgan fingerprint density at radius 3 is 3.15 bits per heavy atom. The monoisotopic (exact) mass is 180 g/mol. The Bertz CT molecular complexity index is 332. The van der Waals surface area contributed by atoms with Gasteiger partial charge in [0.05, 0.1) is 0 Å². The Morgan fingerprint density at radius 1 is 1.69 bits per heavy atom. The average molecular weight is 180 g/mol. The van der Waals surface area contributed by atoms with Gasteiger partial charge in [-0.1, -0.05) is 0 Å². The molecule has 0 aliphatic carbocycles. The molecule has 1 aromatic heterocycles. The lowest BCUT2D eigenvalue weighted by molar-refractivity contribution is -0.139. The van der Waals surface area contributed by atoms with E-state index in [-0.39, 0.29) is 0 Å². The summed E-state index contributed by atoms with van der Waals surface area (Å²) in [6.45, 7) is 2.09. The van der Waals surface area contributed by atoms with E-state index in [2.05, 4.69) is 11.9 Å². The number of hydrogen-bond acceptors (Lipinski definition) is 2. The lowest BCUT2D eigenvalue weighted by Gasteiger charge is -2.25. The molecule has 1 aliphatic rings. The summed E-state index contributed by atoms with van der Waals surface area (Å²) in [6, 6.07) is 0.382. The summed E-state index contributed by atoms with van der Waals surface area (Å²) in [6.07, 6.45) is 5.15. The number of rotatable bonds is 1. The first kappa shape index (κ1) is 8.29. The number of nitrogens with zero attached hydrogens (tertiary/aromatic N) is 2. The van der Waals surface area contributed by atoms with Crippen LogP contribution in [0.4, 0.5) is 0 Å². The molecule has 1 N–H and O–H groups in total. The Morgan fingerprint density at radius 2 is 2.46 bits per heavy atom. The number of imidazole rings is 1. The zero-order valence-corrected chi connectivity index (χ0v) is 7.47. The van der Waals surface area contributed by atoms with Gasteiger partial charge < -0.3 is 9.67 Å². The molecule has 0 spiro atoms. The molecule has 2 atom stereocenters. The Hall–Kier alpha value is -1.32. The van der Waals surface area contributed by atoms with Gasteiger partial charge in [0.1, 0.15) is 11.7 Å². The molecule has 0 bridgehead atoms. The highest BCUT2D eigenvalue weighted by Crippen LogP contribution is 2.31. The van der Waals surface area contributed by atoms with Crippen LogP contribution in [-0.4, -0.2) is 20.6 Å². The largest absolute Gasteiger partial charge is 0.481 e. The van der Waals surface area contributed by atoms with Crippen molar-refractivity contribution in [2.75, 3.05) is 0 Å². The third-order valence-electron chi connectivity index (χ3n) is 2.66. The van der Waals surface area contributed by atoms with Crippen molar-refractivity contribution in [1.82, 2.24) is 9.55 Å². The zero-order valence-electron chi connectivity index (χ0n) is 7.47. The second kappa shape index (κ2) is 2.87. The van der Waals surface area contributed by atoms with Crippen molar-refractivity contribution in [3.63, 3.8) is 0 Å². The highest BCUT2D eigenvalue weighted by atomic mass is 16.4. The summed E-state index contributed by atoms with van der Waals surface area (Å²) in [4.78, 5) is 15.0. The van der Waals surface area contributed by atoms with Gasteiger partial charge in [0, 0.05) is 18.4 Å². The maximum atomic E-state index is 10.9. The molecule has 0 amide bonds. The van der Waals surface area contributed by atoms with E-state index in [0.717, 1.165) is 6.42 Å². The first-order chi connectivity index (χ1) is 6.20. The van der Waals surface area contributed by atoms with Crippen molar-refractivity contribution < 1.29 is 9.90 Å². The van der Waals surface area contributed by atoms with Crippen LogP contribution in [0.2, 0.25) is 0 Å². The van der Waals surface area contributed by atoms with Crippen molar-refractivity contribution in [2.24, 2.45) is 0 Å². The molecule has 0 radical (unpaired) electrons. The van der Waals surface area contributed by atoms with Crippen LogP contribution >= 0.6 is 0 Å². The van der Waals surface area contributed by atoms with Gasteiger partial charge >= 0.3 is 5.97 Å². The lowest BCUT2D eigenvalue weighted by Crippen LogP contribution is -2.24. The van der Waals surface area contributed by atoms with Crippen LogP contribution in [0, 0.1) is 0 Å². The normalized spacial score (nSPS) is 26.8. The summed E-state index contributed by atoms with van der Waals surface area (Å²) in [7, 11) is 0. The molecule has 4 nitrogen and oxygen atoms in total. The molecule has 2 heterocycles. The minimum absolute atomic E-state index is 0.382. The van der Waals surface area contributed by atoms with E-state index >= 15 is 0 Å². The number of carbonyl (C=O) groups is 1. The molecule has 1 aromatic rings. The van der Waals surface area contributed by atoms with Gasteiger partial charge in [0.2, 0.25) is 0 Å². The number of hydrogen-bond donors (Lipinski definition) is 1. The predicted octanol–water partition coefficient (Wildman–Crippen LogP) is 1.41. The van der Waals surface area contributed by atoms with E-state index in [1.165, 1.54) is 0 Å². The summed E-state index contributed by atoms with van der Waals surface area (Å²) < 4.78 is 1.96. The first-order valence-electron chi connectivity index (χ1n) is 4.45. The SMILES string of the molecule is C[C@H]1CC[C@@H](C(=O)O)c2nccn21. The van der Waals surface area contributed by atoms with Gasteiger partial charge in [-0.05, 0) is 19.8 Å². The van der Waals surface area contributed by atoms with Crippen molar-refractivity contribution in [3.8, 4) is 0 Å². The van der Waals surface area contributed by atoms with Gasteiger partial charge in [0.15, 0.2) is 0 Å². The van der Waals surface area contributed by atoms with Gasteiger partial charge in [-0.15, -0.1) is 0 Å². The van der Waals surface area contributed by atoms with Gasteiger partial charge in [0.25, 0.3) is 0 Å². The number of carboxylic acids is 1. The molecular weight excluding hydrogens is 168 g/mol. The topological polar surface area (TPSA) is 55.1 Å². The highest BCUT2D eigenvalue weighted by molar-refractivity contribution is 5.75. The first-order valence-corrected chi connectivity index (χ1v) is 4.45. The van der Waals surface area contributed by atoms with Crippen molar-refractivity contribution in [3.05, 3.63) is 18.2 Å². The smallest absolute Gasteiger partial charge is 0.314 e. The minimum Gasteiger partial charge on any atom is -0.481 e. The molecule has 0 aromatic carbocycles. The van der Waals surface area contributed by atoms with Gasteiger partial charge in [-0.25, -0.2) is 4.98 Å². The summed E-state index contributed by atoms with van der Waals surface area (Å²) in [5.74, 6) is -0.475. The fraction of sp³-hybridized carbons (Fsp3) is 0.556. The molecular formula is C9H12N2O2. The Kier molecular flexibility index (Phi) is 1.83. The molecule has 1 aliphatic heterocycles. The van der Waals surface area contributed by atoms with Crippen molar-refractivity contribution >= 4 is 5.97 Å². The fourth-order valence-corrected chi connectivity index (χ4v) is 1.88. The molecule has 13 heavy (non-hydrogen) atoms. The van der Waals surface area contributed by atoms with Crippen LogP contribution in [0.5, 0.6) is 0 Å². The summed E-state index contributed by atoms with van der Waals surface area (Å²) in [5, 5.41) is 8.94. The highest BCUT2D eigenvalue weighted by Gasteiger charge is 2.30. The maximum absolute atomic E-state index is 10.9. The van der Waals surface area contributed by atoms with Gasteiger partial charge in [-0.3, -0.25) is 4.79 Å². The zero-order chi connectivity index (χ0) is 9.42. The second-order valence-electron chi connectivity index (χ2n) is 3.51. The molecule has 70 valence electrons. The van der Waals surface area contributed by atoms with Crippen LogP contribution < -0.4 is 0 Å². The van der Waals surface area contributed by atoms with Crippen LogP contribution in [0.15, 0.2) is 12.4 Å². The quantitative estimate of drug-likeness (QED) is 0.710. The third kappa shape index (κ3) is 1.22. The number of aliphatic carboxylic acids is 1. The number of aromatic nitrogens is 2. The second-order valence-corrected chi connectivity index (χ2v) is 3.51. The molecule has 0 fully saturated rings. The number of carboxylic acid groups (broad SMARTS) is 1. The molecule has 0 saturated heterocycles. The minimum atomic E-state index is -0.764. The van der Waals surface area contributed by atoms with E-state index in [9.17, 15) is 4.79 Å². The molecule has 2 rings (SSSR count). The van der Waals surface area contributed by atoms with Crippen LogP contribution in [-0.2, 0) is 4.79 Å². The summed E-state index contributed by atoms with van der Waals surface area (Å²) in [5.41, 5.74) is 0.